The summed E-state index contributed by atoms with van der Waals surface area (Å²) in [6, 6.07) is 7.38. The molecule has 100 valence electrons. The standard InChI is InChI=1S/C14H11N3O2S/c1-19-11-4-2-3-9-7-10(8-16-12(9)11)13(18)17-14-15-5-6-20-14/h2-8H,1H3,(H,15,17,18). The molecule has 20 heavy (non-hydrogen) atoms. The number of para-hydroxylation sites is 1. The van der Waals surface area contributed by atoms with Crippen LogP contribution in [0.25, 0.3) is 10.9 Å². The lowest BCUT2D eigenvalue weighted by Gasteiger charge is -2.06. The predicted octanol–water partition coefficient (Wildman–Crippen LogP) is 2.95. The average Bonchev–Trinajstić information content (AvgIpc) is 2.98. The Hall–Kier alpha value is -2.47. The summed E-state index contributed by atoms with van der Waals surface area (Å²) >= 11 is 1.37. The Bertz CT molecular complexity index is 756. The zero-order chi connectivity index (χ0) is 13.9. The van der Waals surface area contributed by atoms with Crippen molar-refractivity contribution in [3.8, 4) is 5.75 Å². The highest BCUT2D eigenvalue weighted by atomic mass is 32.1. The van der Waals surface area contributed by atoms with Crippen LogP contribution >= 0.6 is 11.3 Å². The number of methoxy groups -OCH3 is 1. The molecule has 0 saturated carbocycles. The normalized spacial score (nSPS) is 10.4. The molecule has 0 radical (unpaired) electrons. The van der Waals surface area contributed by atoms with Crippen LogP contribution in [0.3, 0.4) is 0 Å². The monoisotopic (exact) mass is 285 g/mol. The molecule has 0 aliphatic heterocycles. The highest BCUT2D eigenvalue weighted by Crippen LogP contribution is 2.24. The Balaban J connectivity index is 1.95. The molecule has 0 fully saturated rings. The van der Waals surface area contributed by atoms with Crippen molar-refractivity contribution >= 4 is 33.3 Å². The predicted molar refractivity (Wildman–Crippen MR) is 78.4 cm³/mol. The fourth-order valence-corrected chi connectivity index (χ4v) is 2.40. The van der Waals surface area contributed by atoms with E-state index in [0.717, 1.165) is 10.9 Å². The van der Waals surface area contributed by atoms with Crippen molar-refractivity contribution in [1.82, 2.24) is 9.97 Å². The molecule has 5 nitrogen and oxygen atoms in total. The third kappa shape index (κ3) is 2.33. The summed E-state index contributed by atoms with van der Waals surface area (Å²) in [5.74, 6) is 0.464. The molecule has 3 rings (SSSR count). The van der Waals surface area contributed by atoms with E-state index in [1.165, 1.54) is 17.5 Å². The number of carbonyl (C=O) groups is 1. The molecule has 1 amide bonds. The number of amides is 1. The smallest absolute Gasteiger partial charge is 0.259 e. The van der Waals surface area contributed by atoms with Crippen molar-refractivity contribution in [2.24, 2.45) is 0 Å². The van der Waals surface area contributed by atoms with Gasteiger partial charge in [-0.25, -0.2) is 4.98 Å². The topological polar surface area (TPSA) is 64.1 Å². The van der Waals surface area contributed by atoms with E-state index >= 15 is 0 Å². The largest absolute Gasteiger partial charge is 0.494 e. The lowest BCUT2D eigenvalue weighted by molar-refractivity contribution is 0.102. The minimum atomic E-state index is -0.225. The first-order chi connectivity index (χ1) is 9.78. The first kappa shape index (κ1) is 12.6. The third-order valence-corrected chi connectivity index (χ3v) is 3.50. The lowest BCUT2D eigenvalue weighted by Crippen LogP contribution is -2.11. The van der Waals surface area contributed by atoms with E-state index in [9.17, 15) is 4.79 Å². The Kier molecular flexibility index (Phi) is 3.30. The van der Waals surface area contributed by atoms with Crippen LogP contribution in [0.5, 0.6) is 5.75 Å². The molecule has 6 heteroatoms. The minimum Gasteiger partial charge on any atom is -0.494 e. The summed E-state index contributed by atoms with van der Waals surface area (Å²) in [6.45, 7) is 0. The van der Waals surface area contributed by atoms with Crippen LogP contribution in [0.15, 0.2) is 42.0 Å². The lowest BCUT2D eigenvalue weighted by atomic mass is 10.1. The van der Waals surface area contributed by atoms with E-state index in [-0.39, 0.29) is 5.91 Å². The first-order valence-corrected chi connectivity index (χ1v) is 6.79. The number of hydrogen-bond donors (Lipinski definition) is 1. The van der Waals surface area contributed by atoms with Gasteiger partial charge in [-0.1, -0.05) is 12.1 Å². The molecule has 0 atom stereocenters. The van der Waals surface area contributed by atoms with Gasteiger partial charge in [0, 0.05) is 23.2 Å². The first-order valence-electron chi connectivity index (χ1n) is 5.91. The van der Waals surface area contributed by atoms with Crippen LogP contribution in [-0.2, 0) is 0 Å². The van der Waals surface area contributed by atoms with Gasteiger partial charge in [0.15, 0.2) is 5.13 Å². The Morgan fingerprint density at radius 3 is 3.00 bits per heavy atom. The molecule has 2 heterocycles. The second kappa shape index (κ2) is 5.26. The molecule has 0 bridgehead atoms. The minimum absolute atomic E-state index is 0.225. The molecule has 1 N–H and O–H groups in total. The van der Waals surface area contributed by atoms with Gasteiger partial charge in [-0.2, -0.15) is 0 Å². The number of pyridine rings is 1. The Morgan fingerprint density at radius 2 is 2.25 bits per heavy atom. The molecule has 1 aromatic carbocycles. The van der Waals surface area contributed by atoms with Gasteiger partial charge in [0.25, 0.3) is 5.91 Å². The number of nitrogens with zero attached hydrogens (tertiary/aromatic N) is 2. The maximum Gasteiger partial charge on any atom is 0.259 e. The number of benzene rings is 1. The fraction of sp³-hybridized carbons (Fsp3) is 0.0714. The number of fused-ring (bicyclic) bond motifs is 1. The maximum atomic E-state index is 12.1. The second-order valence-electron chi connectivity index (χ2n) is 4.05. The van der Waals surface area contributed by atoms with E-state index in [0.29, 0.717) is 16.4 Å². The fourth-order valence-electron chi connectivity index (χ4n) is 1.88. The Morgan fingerprint density at radius 1 is 1.35 bits per heavy atom. The summed E-state index contributed by atoms with van der Waals surface area (Å²) in [4.78, 5) is 20.4. The highest BCUT2D eigenvalue weighted by molar-refractivity contribution is 7.13. The molecule has 0 spiro atoms. The summed E-state index contributed by atoms with van der Waals surface area (Å²) in [7, 11) is 1.60. The van der Waals surface area contributed by atoms with Gasteiger partial charge in [0.05, 0.1) is 12.7 Å². The number of anilines is 1. The SMILES string of the molecule is COc1cccc2cc(C(=O)Nc3nccs3)cnc12. The number of rotatable bonds is 3. The summed E-state index contributed by atoms with van der Waals surface area (Å²) in [6.07, 6.45) is 3.18. The Labute approximate surface area is 119 Å². The van der Waals surface area contributed by atoms with Gasteiger partial charge in [-0.3, -0.25) is 15.1 Å². The zero-order valence-corrected chi connectivity index (χ0v) is 11.5. The van der Waals surface area contributed by atoms with Gasteiger partial charge in [-0.15, -0.1) is 11.3 Å². The van der Waals surface area contributed by atoms with Crippen molar-refractivity contribution in [2.45, 2.75) is 0 Å². The number of hydrogen-bond acceptors (Lipinski definition) is 5. The quantitative estimate of drug-likeness (QED) is 0.803. The molecule has 3 aromatic rings. The van der Waals surface area contributed by atoms with Crippen molar-refractivity contribution in [2.75, 3.05) is 12.4 Å². The van der Waals surface area contributed by atoms with Crippen LogP contribution in [0.1, 0.15) is 10.4 Å². The van der Waals surface area contributed by atoms with E-state index in [1.54, 1.807) is 24.8 Å². The molecule has 0 unspecified atom stereocenters. The van der Waals surface area contributed by atoms with Crippen molar-refractivity contribution in [3.63, 3.8) is 0 Å². The van der Waals surface area contributed by atoms with Gasteiger partial charge < -0.3 is 4.74 Å². The van der Waals surface area contributed by atoms with E-state index in [4.69, 9.17) is 4.74 Å². The van der Waals surface area contributed by atoms with Gasteiger partial charge in [0.1, 0.15) is 11.3 Å². The van der Waals surface area contributed by atoms with Gasteiger partial charge >= 0.3 is 0 Å². The number of thiazole rings is 1. The number of ether oxygens (including phenoxy) is 1. The van der Waals surface area contributed by atoms with E-state index < -0.39 is 0 Å². The molecule has 0 aliphatic carbocycles. The van der Waals surface area contributed by atoms with Crippen molar-refractivity contribution in [1.29, 1.82) is 0 Å². The van der Waals surface area contributed by atoms with Crippen LogP contribution in [-0.4, -0.2) is 23.0 Å². The summed E-state index contributed by atoms with van der Waals surface area (Å²) < 4.78 is 5.24. The number of aromatic nitrogens is 2. The maximum absolute atomic E-state index is 12.1. The third-order valence-electron chi connectivity index (χ3n) is 2.81. The molecule has 2 aromatic heterocycles. The van der Waals surface area contributed by atoms with Crippen LogP contribution in [0.4, 0.5) is 5.13 Å². The molecular weight excluding hydrogens is 274 g/mol. The van der Waals surface area contributed by atoms with Crippen LogP contribution < -0.4 is 10.1 Å². The zero-order valence-electron chi connectivity index (χ0n) is 10.7. The molecule has 0 saturated heterocycles. The van der Waals surface area contributed by atoms with Crippen LogP contribution in [0.2, 0.25) is 0 Å². The van der Waals surface area contributed by atoms with Gasteiger partial charge in [0.2, 0.25) is 0 Å². The van der Waals surface area contributed by atoms with E-state index in [1.807, 2.05) is 18.2 Å². The van der Waals surface area contributed by atoms with Crippen molar-refractivity contribution < 1.29 is 9.53 Å². The van der Waals surface area contributed by atoms with Crippen LogP contribution in [0, 0.1) is 0 Å². The second-order valence-corrected chi connectivity index (χ2v) is 4.94. The number of nitrogens with one attached hydrogen (secondary N) is 1. The van der Waals surface area contributed by atoms with E-state index in [2.05, 4.69) is 15.3 Å². The highest BCUT2D eigenvalue weighted by Gasteiger charge is 2.10. The molecular formula is C14H11N3O2S. The summed E-state index contributed by atoms with van der Waals surface area (Å²) in [5, 5.41) is 5.96. The number of carbonyl (C=O) groups excluding carboxylic acids is 1. The average molecular weight is 285 g/mol. The summed E-state index contributed by atoms with van der Waals surface area (Å²) in [5.41, 5.74) is 1.22. The molecule has 0 aliphatic rings. The van der Waals surface area contributed by atoms with Crippen molar-refractivity contribution in [3.05, 3.63) is 47.6 Å². The van der Waals surface area contributed by atoms with Gasteiger partial charge in [-0.05, 0) is 12.1 Å².